The molecule has 0 spiro atoms. The highest BCUT2D eigenvalue weighted by molar-refractivity contribution is 5.78. The molecule has 5 heteroatoms. The highest BCUT2D eigenvalue weighted by atomic mass is 19.1. The van der Waals surface area contributed by atoms with E-state index in [1.54, 1.807) is 12.1 Å². The molecule has 4 nitrogen and oxygen atoms in total. The number of aliphatic hydroxyl groups excluding tert-OH is 1. The molecule has 2 saturated heterocycles. The SMILES string of the molecule is CC1CCN(C(=O)CN2CCC(C(O)c3ccc(F)cc3)CC2)CC1. The largest absolute Gasteiger partial charge is 0.388 e. The van der Waals surface area contributed by atoms with Crippen LogP contribution < -0.4 is 0 Å². The Morgan fingerprint density at radius 2 is 1.72 bits per heavy atom. The number of amides is 1. The second-order valence-corrected chi connectivity index (χ2v) is 7.67. The predicted molar refractivity (Wildman–Crippen MR) is 95.5 cm³/mol. The molecule has 138 valence electrons. The molecule has 1 N–H and O–H groups in total. The topological polar surface area (TPSA) is 43.8 Å². The molecular weight excluding hydrogens is 319 g/mol. The second-order valence-electron chi connectivity index (χ2n) is 7.67. The van der Waals surface area contributed by atoms with E-state index < -0.39 is 6.10 Å². The zero-order valence-electron chi connectivity index (χ0n) is 15.0. The summed E-state index contributed by atoms with van der Waals surface area (Å²) in [5.41, 5.74) is 0.776. The number of hydrogen-bond acceptors (Lipinski definition) is 3. The molecule has 2 aliphatic rings. The molecule has 1 unspecified atom stereocenters. The van der Waals surface area contributed by atoms with Gasteiger partial charge in [0.1, 0.15) is 5.82 Å². The molecular formula is C20H29FN2O2. The van der Waals surface area contributed by atoms with E-state index in [1.807, 2.05) is 4.90 Å². The summed E-state index contributed by atoms with van der Waals surface area (Å²) in [4.78, 5) is 16.6. The zero-order chi connectivity index (χ0) is 17.8. The van der Waals surface area contributed by atoms with Gasteiger partial charge in [-0.2, -0.15) is 0 Å². The molecule has 0 aromatic heterocycles. The molecule has 3 rings (SSSR count). The van der Waals surface area contributed by atoms with Crippen LogP contribution in [0.15, 0.2) is 24.3 Å². The van der Waals surface area contributed by atoms with Gasteiger partial charge in [-0.05, 0) is 68.3 Å². The van der Waals surface area contributed by atoms with Crippen LogP contribution in [0.3, 0.4) is 0 Å². The van der Waals surface area contributed by atoms with Crippen molar-refractivity contribution in [3.63, 3.8) is 0 Å². The van der Waals surface area contributed by atoms with Crippen molar-refractivity contribution in [2.24, 2.45) is 11.8 Å². The molecule has 2 heterocycles. The average molecular weight is 348 g/mol. The summed E-state index contributed by atoms with van der Waals surface area (Å²) in [6.07, 6.45) is 3.39. The Morgan fingerprint density at radius 1 is 1.12 bits per heavy atom. The molecule has 0 aliphatic carbocycles. The van der Waals surface area contributed by atoms with Gasteiger partial charge in [0.2, 0.25) is 5.91 Å². The van der Waals surface area contributed by atoms with E-state index in [9.17, 15) is 14.3 Å². The maximum absolute atomic E-state index is 13.0. The van der Waals surface area contributed by atoms with Crippen molar-refractivity contribution < 1.29 is 14.3 Å². The zero-order valence-corrected chi connectivity index (χ0v) is 15.0. The van der Waals surface area contributed by atoms with Gasteiger partial charge in [0.05, 0.1) is 12.6 Å². The molecule has 2 fully saturated rings. The lowest BCUT2D eigenvalue weighted by molar-refractivity contribution is -0.134. The first-order valence-corrected chi connectivity index (χ1v) is 9.46. The van der Waals surface area contributed by atoms with E-state index >= 15 is 0 Å². The quantitative estimate of drug-likeness (QED) is 0.910. The first kappa shape index (κ1) is 18.3. The van der Waals surface area contributed by atoms with Crippen LogP contribution in [-0.4, -0.2) is 53.5 Å². The number of carbonyl (C=O) groups is 1. The van der Waals surface area contributed by atoms with Crippen LogP contribution in [0.1, 0.15) is 44.3 Å². The summed E-state index contributed by atoms with van der Waals surface area (Å²) in [5, 5.41) is 10.5. The maximum Gasteiger partial charge on any atom is 0.236 e. The predicted octanol–water partition coefficient (Wildman–Crippen LogP) is 2.83. The van der Waals surface area contributed by atoms with Crippen molar-refractivity contribution in [1.82, 2.24) is 9.80 Å². The third kappa shape index (κ3) is 4.79. The van der Waals surface area contributed by atoms with Crippen molar-refractivity contribution in [1.29, 1.82) is 0 Å². The number of hydrogen-bond donors (Lipinski definition) is 1. The number of halogens is 1. The fourth-order valence-electron chi connectivity index (χ4n) is 3.91. The minimum absolute atomic E-state index is 0.174. The second kappa shape index (κ2) is 8.28. The number of nitrogens with zero attached hydrogens (tertiary/aromatic N) is 2. The molecule has 0 bridgehead atoms. The van der Waals surface area contributed by atoms with Crippen LogP contribution in [0.25, 0.3) is 0 Å². The standard InChI is InChI=1S/C20H29FN2O2/c1-15-6-12-23(13-7-15)19(24)14-22-10-8-17(9-11-22)20(25)16-2-4-18(21)5-3-16/h2-5,15,17,20,25H,6-14H2,1H3. The van der Waals surface area contributed by atoms with Crippen molar-refractivity contribution >= 4 is 5.91 Å². The fraction of sp³-hybridized carbons (Fsp3) is 0.650. The van der Waals surface area contributed by atoms with Crippen LogP contribution in [0, 0.1) is 17.7 Å². The average Bonchev–Trinajstić information content (AvgIpc) is 2.63. The van der Waals surface area contributed by atoms with Gasteiger partial charge in [0.25, 0.3) is 0 Å². The monoisotopic (exact) mass is 348 g/mol. The van der Waals surface area contributed by atoms with Gasteiger partial charge in [0.15, 0.2) is 0 Å². The third-order valence-corrected chi connectivity index (χ3v) is 5.79. The number of carbonyl (C=O) groups excluding carboxylic acids is 1. The lowest BCUT2D eigenvalue weighted by Crippen LogP contribution is -2.46. The number of piperidine rings is 2. The Morgan fingerprint density at radius 3 is 2.32 bits per heavy atom. The lowest BCUT2D eigenvalue weighted by Gasteiger charge is -2.36. The van der Waals surface area contributed by atoms with Crippen LogP contribution in [0.2, 0.25) is 0 Å². The number of benzene rings is 1. The first-order valence-electron chi connectivity index (χ1n) is 9.46. The molecule has 2 aliphatic heterocycles. The van der Waals surface area contributed by atoms with E-state index in [0.717, 1.165) is 63.3 Å². The third-order valence-electron chi connectivity index (χ3n) is 5.79. The molecule has 1 amide bonds. The van der Waals surface area contributed by atoms with Gasteiger partial charge in [-0.3, -0.25) is 9.69 Å². The lowest BCUT2D eigenvalue weighted by atomic mass is 9.87. The van der Waals surface area contributed by atoms with Gasteiger partial charge in [-0.15, -0.1) is 0 Å². The maximum atomic E-state index is 13.0. The van der Waals surface area contributed by atoms with Gasteiger partial charge < -0.3 is 10.0 Å². The van der Waals surface area contributed by atoms with Crippen molar-refractivity contribution in [3.8, 4) is 0 Å². The van der Waals surface area contributed by atoms with E-state index in [0.29, 0.717) is 6.54 Å². The van der Waals surface area contributed by atoms with E-state index in [1.165, 1.54) is 12.1 Å². The van der Waals surface area contributed by atoms with E-state index in [-0.39, 0.29) is 17.6 Å². The van der Waals surface area contributed by atoms with Crippen LogP contribution in [-0.2, 0) is 4.79 Å². The van der Waals surface area contributed by atoms with Crippen molar-refractivity contribution in [3.05, 3.63) is 35.6 Å². The summed E-state index contributed by atoms with van der Waals surface area (Å²) in [7, 11) is 0. The summed E-state index contributed by atoms with van der Waals surface area (Å²) >= 11 is 0. The Kier molecular flexibility index (Phi) is 6.07. The minimum atomic E-state index is -0.554. The first-order chi connectivity index (χ1) is 12.0. The Bertz CT molecular complexity index is 562. The van der Waals surface area contributed by atoms with Gasteiger partial charge in [-0.1, -0.05) is 19.1 Å². The van der Waals surface area contributed by atoms with E-state index in [2.05, 4.69) is 11.8 Å². The Balaban J connectivity index is 1.45. The summed E-state index contributed by atoms with van der Waals surface area (Å²) in [5.74, 6) is 0.862. The smallest absolute Gasteiger partial charge is 0.236 e. The molecule has 1 atom stereocenters. The molecule has 1 aromatic carbocycles. The molecule has 25 heavy (non-hydrogen) atoms. The molecule has 0 saturated carbocycles. The number of likely N-dealkylation sites (tertiary alicyclic amines) is 2. The Labute approximate surface area is 149 Å². The number of rotatable bonds is 4. The van der Waals surface area contributed by atoms with Gasteiger partial charge in [0, 0.05) is 13.1 Å². The highest BCUT2D eigenvalue weighted by Crippen LogP contribution is 2.30. The van der Waals surface area contributed by atoms with E-state index in [4.69, 9.17) is 0 Å². The van der Waals surface area contributed by atoms with Crippen molar-refractivity contribution in [2.45, 2.75) is 38.7 Å². The van der Waals surface area contributed by atoms with Crippen molar-refractivity contribution in [2.75, 3.05) is 32.7 Å². The number of aliphatic hydroxyl groups is 1. The summed E-state index contributed by atoms with van der Waals surface area (Å²) < 4.78 is 13.0. The summed E-state index contributed by atoms with van der Waals surface area (Å²) in [6.45, 7) is 6.18. The molecule has 0 radical (unpaired) electrons. The highest BCUT2D eigenvalue weighted by Gasteiger charge is 2.28. The van der Waals surface area contributed by atoms with Gasteiger partial charge in [-0.25, -0.2) is 4.39 Å². The van der Waals surface area contributed by atoms with Crippen LogP contribution in [0.4, 0.5) is 4.39 Å². The van der Waals surface area contributed by atoms with Crippen LogP contribution >= 0.6 is 0 Å². The Hall–Kier alpha value is -1.46. The summed E-state index contributed by atoms with van der Waals surface area (Å²) in [6, 6.07) is 6.11. The minimum Gasteiger partial charge on any atom is -0.388 e. The molecule has 1 aromatic rings. The fourth-order valence-corrected chi connectivity index (χ4v) is 3.91. The van der Waals surface area contributed by atoms with Crippen LogP contribution in [0.5, 0.6) is 0 Å². The van der Waals surface area contributed by atoms with Gasteiger partial charge >= 0.3 is 0 Å². The normalized spacial score (nSPS) is 22.1.